The second kappa shape index (κ2) is 5.61. The smallest absolute Gasteiger partial charge is 0.117 e. The predicted octanol–water partition coefficient (Wildman–Crippen LogP) is 2.40. The maximum atomic E-state index is 9.40. The van der Waals surface area contributed by atoms with Gasteiger partial charge in [0.1, 0.15) is 5.75 Å². The van der Waals surface area contributed by atoms with E-state index < -0.39 is 0 Å². The van der Waals surface area contributed by atoms with E-state index in [0.29, 0.717) is 18.4 Å². The molecule has 1 aromatic rings. The van der Waals surface area contributed by atoms with Gasteiger partial charge in [0.05, 0.1) is 6.61 Å². The van der Waals surface area contributed by atoms with Crippen molar-refractivity contribution in [3.05, 3.63) is 23.8 Å². The van der Waals surface area contributed by atoms with Crippen LogP contribution in [-0.2, 0) is 11.2 Å². The number of phenols is 1. The molecular weight excluding hydrogens is 190 g/mol. The molecule has 0 amide bonds. The van der Waals surface area contributed by atoms with E-state index in [0.717, 1.165) is 12.1 Å². The lowest BCUT2D eigenvalue weighted by atomic mass is 10.1. The number of ether oxygens (including phenoxy) is 1. The summed E-state index contributed by atoms with van der Waals surface area (Å²) in [5, 5.41) is 12.7. The van der Waals surface area contributed by atoms with Crippen molar-refractivity contribution >= 4 is 5.69 Å². The lowest BCUT2D eigenvalue weighted by molar-refractivity contribution is 0.202. The summed E-state index contributed by atoms with van der Waals surface area (Å²) in [4.78, 5) is 0. The van der Waals surface area contributed by atoms with E-state index in [4.69, 9.17) is 4.74 Å². The Balaban J connectivity index is 2.82. The molecule has 0 heterocycles. The molecule has 0 fully saturated rings. The molecule has 0 aliphatic rings. The number of nitrogens with one attached hydrogen (secondary N) is 1. The highest BCUT2D eigenvalue weighted by atomic mass is 16.5. The fourth-order valence-corrected chi connectivity index (χ4v) is 1.44. The summed E-state index contributed by atoms with van der Waals surface area (Å²) in [5.41, 5.74) is 2.16. The third-order valence-electron chi connectivity index (χ3n) is 2.11. The Hall–Kier alpha value is -1.22. The zero-order valence-corrected chi connectivity index (χ0v) is 9.58. The van der Waals surface area contributed by atoms with Gasteiger partial charge in [-0.15, -0.1) is 0 Å². The highest BCUT2D eigenvalue weighted by Gasteiger charge is 2.04. The van der Waals surface area contributed by atoms with Crippen LogP contribution in [0.5, 0.6) is 5.75 Å². The van der Waals surface area contributed by atoms with E-state index >= 15 is 0 Å². The van der Waals surface area contributed by atoms with E-state index in [2.05, 4.69) is 19.2 Å². The van der Waals surface area contributed by atoms with Crippen molar-refractivity contribution in [3.63, 3.8) is 0 Å². The SMILES string of the molecule is COCCc1ccc(O)cc1NC(C)C. The second-order valence-electron chi connectivity index (χ2n) is 3.88. The molecule has 0 saturated carbocycles. The summed E-state index contributed by atoms with van der Waals surface area (Å²) in [6.07, 6.45) is 0.853. The van der Waals surface area contributed by atoms with Crippen molar-refractivity contribution in [1.82, 2.24) is 0 Å². The summed E-state index contributed by atoms with van der Waals surface area (Å²) in [6, 6.07) is 5.74. The molecule has 0 aliphatic carbocycles. The van der Waals surface area contributed by atoms with Gasteiger partial charge in [-0.1, -0.05) is 6.07 Å². The number of hydrogen-bond acceptors (Lipinski definition) is 3. The minimum Gasteiger partial charge on any atom is -0.508 e. The number of rotatable bonds is 5. The monoisotopic (exact) mass is 209 g/mol. The molecule has 2 N–H and O–H groups in total. The summed E-state index contributed by atoms with van der Waals surface area (Å²) in [6.45, 7) is 4.84. The van der Waals surface area contributed by atoms with Gasteiger partial charge in [0.25, 0.3) is 0 Å². The molecule has 3 heteroatoms. The van der Waals surface area contributed by atoms with Gasteiger partial charge >= 0.3 is 0 Å². The maximum Gasteiger partial charge on any atom is 0.117 e. The van der Waals surface area contributed by atoms with Gasteiger partial charge < -0.3 is 15.2 Å². The number of methoxy groups -OCH3 is 1. The normalized spacial score (nSPS) is 10.7. The van der Waals surface area contributed by atoms with Crippen molar-refractivity contribution in [2.75, 3.05) is 19.0 Å². The van der Waals surface area contributed by atoms with Crippen LogP contribution < -0.4 is 5.32 Å². The Morgan fingerprint density at radius 1 is 1.40 bits per heavy atom. The standard InChI is InChI=1S/C12H19NO2/c1-9(2)13-12-8-11(14)5-4-10(12)6-7-15-3/h4-5,8-9,13-14H,6-7H2,1-3H3. The van der Waals surface area contributed by atoms with Crippen LogP contribution in [0.2, 0.25) is 0 Å². The summed E-state index contributed by atoms with van der Waals surface area (Å²) in [5.74, 6) is 0.291. The zero-order valence-electron chi connectivity index (χ0n) is 9.58. The molecule has 0 radical (unpaired) electrons. The van der Waals surface area contributed by atoms with Crippen molar-refractivity contribution in [2.45, 2.75) is 26.3 Å². The van der Waals surface area contributed by atoms with Crippen LogP contribution >= 0.6 is 0 Å². The predicted molar refractivity (Wildman–Crippen MR) is 62.4 cm³/mol. The van der Waals surface area contributed by atoms with E-state index in [1.54, 1.807) is 19.2 Å². The first-order valence-corrected chi connectivity index (χ1v) is 5.21. The van der Waals surface area contributed by atoms with E-state index in [-0.39, 0.29) is 0 Å². The molecule has 0 aliphatic heterocycles. The number of aromatic hydroxyl groups is 1. The quantitative estimate of drug-likeness (QED) is 0.782. The first-order chi connectivity index (χ1) is 7.13. The van der Waals surface area contributed by atoms with Gasteiger partial charge in [-0.2, -0.15) is 0 Å². The highest BCUT2D eigenvalue weighted by Crippen LogP contribution is 2.22. The van der Waals surface area contributed by atoms with Gasteiger partial charge in [0.2, 0.25) is 0 Å². The van der Waals surface area contributed by atoms with Gasteiger partial charge in [0, 0.05) is 24.9 Å². The van der Waals surface area contributed by atoms with Gasteiger partial charge in [-0.3, -0.25) is 0 Å². The van der Waals surface area contributed by atoms with Crippen LogP contribution in [0.4, 0.5) is 5.69 Å². The Morgan fingerprint density at radius 2 is 2.13 bits per heavy atom. The molecule has 0 aromatic heterocycles. The topological polar surface area (TPSA) is 41.5 Å². The number of anilines is 1. The zero-order chi connectivity index (χ0) is 11.3. The molecule has 0 unspecified atom stereocenters. The van der Waals surface area contributed by atoms with E-state index in [1.165, 1.54) is 5.56 Å². The third kappa shape index (κ3) is 3.80. The highest BCUT2D eigenvalue weighted by molar-refractivity contribution is 5.55. The van der Waals surface area contributed by atoms with Crippen LogP contribution in [-0.4, -0.2) is 24.9 Å². The largest absolute Gasteiger partial charge is 0.508 e. The van der Waals surface area contributed by atoms with Crippen LogP contribution in [0.1, 0.15) is 19.4 Å². The fourth-order valence-electron chi connectivity index (χ4n) is 1.44. The summed E-state index contributed by atoms with van der Waals surface area (Å²) < 4.78 is 5.05. The number of hydrogen-bond donors (Lipinski definition) is 2. The molecule has 0 bridgehead atoms. The third-order valence-corrected chi connectivity index (χ3v) is 2.11. The average Bonchev–Trinajstić information content (AvgIpc) is 2.16. The van der Waals surface area contributed by atoms with Crippen molar-refractivity contribution in [2.24, 2.45) is 0 Å². The molecule has 0 atom stereocenters. The van der Waals surface area contributed by atoms with Crippen molar-refractivity contribution in [3.8, 4) is 5.75 Å². The van der Waals surface area contributed by atoms with Gasteiger partial charge in [-0.05, 0) is 31.9 Å². The molecule has 3 nitrogen and oxygen atoms in total. The number of phenolic OH excluding ortho intramolecular Hbond substituents is 1. The second-order valence-corrected chi connectivity index (χ2v) is 3.88. The molecule has 15 heavy (non-hydrogen) atoms. The van der Waals surface area contributed by atoms with Gasteiger partial charge in [-0.25, -0.2) is 0 Å². The van der Waals surface area contributed by atoms with Crippen LogP contribution in [0.25, 0.3) is 0 Å². The maximum absolute atomic E-state index is 9.40. The minimum atomic E-state index is 0.291. The Labute approximate surface area is 91.1 Å². The first-order valence-electron chi connectivity index (χ1n) is 5.21. The Bertz CT molecular complexity index is 310. The fraction of sp³-hybridized carbons (Fsp3) is 0.500. The van der Waals surface area contributed by atoms with Crippen molar-refractivity contribution < 1.29 is 9.84 Å². The van der Waals surface area contributed by atoms with Crippen LogP contribution in [0, 0.1) is 0 Å². The Kier molecular flexibility index (Phi) is 4.43. The molecule has 0 saturated heterocycles. The number of benzene rings is 1. The molecule has 84 valence electrons. The Morgan fingerprint density at radius 3 is 2.73 bits per heavy atom. The van der Waals surface area contributed by atoms with Crippen LogP contribution in [0.15, 0.2) is 18.2 Å². The van der Waals surface area contributed by atoms with Gasteiger partial charge in [0.15, 0.2) is 0 Å². The molecule has 1 rings (SSSR count). The van der Waals surface area contributed by atoms with Crippen molar-refractivity contribution in [1.29, 1.82) is 0 Å². The van der Waals surface area contributed by atoms with E-state index in [9.17, 15) is 5.11 Å². The molecule has 0 spiro atoms. The van der Waals surface area contributed by atoms with E-state index in [1.807, 2.05) is 6.07 Å². The molecular formula is C12H19NO2. The first kappa shape index (κ1) is 11.9. The minimum absolute atomic E-state index is 0.291. The summed E-state index contributed by atoms with van der Waals surface area (Å²) in [7, 11) is 1.69. The lowest BCUT2D eigenvalue weighted by Gasteiger charge is -2.15. The summed E-state index contributed by atoms with van der Waals surface area (Å²) >= 11 is 0. The van der Waals surface area contributed by atoms with Crippen LogP contribution in [0.3, 0.4) is 0 Å². The molecule has 1 aromatic carbocycles. The lowest BCUT2D eigenvalue weighted by Crippen LogP contribution is -2.12. The average molecular weight is 209 g/mol.